The summed E-state index contributed by atoms with van der Waals surface area (Å²) in [7, 11) is 2.14. The number of ether oxygens (including phenoxy) is 8. The Balaban J connectivity index is 0.646. The number of rotatable bonds is 49. The number of carbonyl (C=O) groups excluding carboxylic acids is 7. The Morgan fingerprint density at radius 1 is 0.533 bits per heavy atom. The van der Waals surface area contributed by atoms with Gasteiger partial charge in [0.2, 0.25) is 41.1 Å². The zero-order valence-electron chi connectivity index (χ0n) is 61.3. The van der Waals surface area contributed by atoms with Crippen LogP contribution in [0.4, 0.5) is 11.4 Å². The molecule has 0 saturated carbocycles. The zero-order chi connectivity index (χ0) is 75.4. The third-order valence-corrected chi connectivity index (χ3v) is 18.3. The van der Waals surface area contributed by atoms with E-state index in [0.29, 0.717) is 109 Å². The lowest BCUT2D eigenvalue weighted by atomic mass is 9.81. The third-order valence-electron chi connectivity index (χ3n) is 18.3. The number of hydrogen-bond donors (Lipinski definition) is 10. The van der Waals surface area contributed by atoms with Crippen molar-refractivity contribution in [3.05, 3.63) is 155 Å². The van der Waals surface area contributed by atoms with Crippen molar-refractivity contribution >= 4 is 58.3 Å². The summed E-state index contributed by atoms with van der Waals surface area (Å²) in [5, 5.41) is 56.0. The standard InChI is InChI=1S/C78H108N8O19/c1-77(2)58-20-9-11-22-61(58)85(5)64(77)24-15-25-65-78(3,4)59-21-10-12-23-62(59)86(65)40-14-13-26-66(88)80-37-43-100-48-49-101-44-38-81-68(90)32-31-67(89)79-35-16-41-98-46-50-102-51-47-99-42-17-36-83-75(97)60(54-103-53-55-27-29-57(30-28-55)71(93)56-18-7-6-8-19-56)84-70(92)34-33-69(91)82-39-45-104-76-74(96)73(95)72(94)63(52-87)105-76/h6-12,15,18-25,27-30,60,63,72-74,76,87,94-96H,13-14,16-17,26,31-54H2,1-5H3,(H5-,79,80,81,82,83,84,88,89,90,91,92,97)/p+1/t60-,63+,72+,73-,74-,76-/m0/s1. The van der Waals surface area contributed by atoms with Crippen molar-refractivity contribution in [1.82, 2.24) is 31.9 Å². The molecule has 27 nitrogen and oxygen atoms in total. The lowest BCUT2D eigenvalue weighted by molar-refractivity contribution is -0.401. The van der Waals surface area contributed by atoms with E-state index < -0.39 is 61.1 Å². The minimum atomic E-state index is -1.62. The molecule has 3 aliphatic heterocycles. The summed E-state index contributed by atoms with van der Waals surface area (Å²) in [6.07, 6.45) is 2.02. The minimum absolute atomic E-state index is 0.00976. The summed E-state index contributed by atoms with van der Waals surface area (Å²) in [6.45, 7) is 13.5. The van der Waals surface area contributed by atoms with Gasteiger partial charge in [-0.05, 0) is 62.8 Å². The van der Waals surface area contributed by atoms with Crippen molar-refractivity contribution in [1.29, 1.82) is 0 Å². The average Bonchev–Trinajstić information content (AvgIpc) is 1.60. The molecule has 0 spiro atoms. The van der Waals surface area contributed by atoms with Crippen LogP contribution in [0, 0.1) is 0 Å². The molecule has 1 saturated heterocycles. The van der Waals surface area contributed by atoms with Crippen LogP contribution in [0.5, 0.6) is 0 Å². The molecule has 3 heterocycles. The first-order valence-electron chi connectivity index (χ1n) is 36.4. The Hall–Kier alpha value is -8.16. The van der Waals surface area contributed by atoms with E-state index in [9.17, 15) is 54.0 Å². The largest absolute Gasteiger partial charge is 0.394 e. The van der Waals surface area contributed by atoms with E-state index in [1.54, 1.807) is 48.5 Å². The van der Waals surface area contributed by atoms with Crippen molar-refractivity contribution in [2.45, 2.75) is 140 Å². The topological polar surface area (TPSA) is 353 Å². The molecule has 1 fully saturated rings. The summed E-state index contributed by atoms with van der Waals surface area (Å²) in [5.41, 5.74) is 9.04. The van der Waals surface area contributed by atoms with Gasteiger partial charge in [0.05, 0.1) is 84.7 Å². The van der Waals surface area contributed by atoms with Gasteiger partial charge in [-0.25, -0.2) is 0 Å². The summed E-state index contributed by atoms with van der Waals surface area (Å²) >= 11 is 0. The van der Waals surface area contributed by atoms with Gasteiger partial charge < -0.3 is 95.1 Å². The number of allylic oxidation sites excluding steroid dienone is 4. The van der Waals surface area contributed by atoms with E-state index in [1.165, 1.54) is 33.9 Å². The number of ketones is 1. The number of nitrogens with one attached hydrogen (secondary N) is 6. The van der Waals surface area contributed by atoms with Gasteiger partial charge in [0.15, 0.2) is 17.8 Å². The predicted molar refractivity (Wildman–Crippen MR) is 393 cm³/mol. The number of anilines is 1. The van der Waals surface area contributed by atoms with E-state index in [0.717, 1.165) is 24.9 Å². The van der Waals surface area contributed by atoms with Crippen LogP contribution in [0.1, 0.15) is 118 Å². The number of unbranched alkanes of at least 4 members (excludes halogenated alkanes) is 1. The van der Waals surface area contributed by atoms with Crippen LogP contribution in [0.3, 0.4) is 0 Å². The first-order chi connectivity index (χ1) is 50.7. The molecule has 4 aromatic carbocycles. The summed E-state index contributed by atoms with van der Waals surface area (Å²) in [6, 6.07) is 31.8. The second-order valence-corrected chi connectivity index (χ2v) is 26.8. The normalized spacial score (nSPS) is 18.5. The number of carbonyl (C=O) groups is 7. The summed E-state index contributed by atoms with van der Waals surface area (Å²) in [5.74, 6) is -2.27. The first-order valence-corrected chi connectivity index (χ1v) is 36.4. The molecule has 574 valence electrons. The van der Waals surface area contributed by atoms with Gasteiger partial charge in [-0.1, -0.05) is 111 Å². The Morgan fingerprint density at radius 3 is 1.68 bits per heavy atom. The Morgan fingerprint density at radius 2 is 1.06 bits per heavy atom. The number of benzene rings is 4. The van der Waals surface area contributed by atoms with E-state index in [2.05, 4.69) is 143 Å². The maximum absolute atomic E-state index is 13.4. The molecule has 3 aliphatic rings. The number of aliphatic hydroxyl groups is 4. The quantitative estimate of drug-likeness (QED) is 0.0170. The van der Waals surface area contributed by atoms with Crippen molar-refractivity contribution in [3.8, 4) is 0 Å². The molecule has 105 heavy (non-hydrogen) atoms. The van der Waals surface area contributed by atoms with Gasteiger partial charge in [-0.15, -0.1) is 0 Å². The summed E-state index contributed by atoms with van der Waals surface area (Å²) in [4.78, 5) is 91.7. The molecule has 6 amide bonds. The Labute approximate surface area is 615 Å². The van der Waals surface area contributed by atoms with Crippen LogP contribution in [0.25, 0.3) is 0 Å². The highest BCUT2D eigenvalue weighted by Crippen LogP contribution is 2.48. The van der Waals surface area contributed by atoms with Crippen molar-refractivity contribution in [2.24, 2.45) is 0 Å². The Bertz CT molecular complexity index is 3490. The van der Waals surface area contributed by atoms with Crippen LogP contribution in [-0.2, 0) is 84.1 Å². The maximum Gasteiger partial charge on any atom is 0.244 e. The van der Waals surface area contributed by atoms with E-state index in [4.69, 9.17) is 37.9 Å². The number of amides is 6. The SMILES string of the molecule is C[N+]1=C(C=CC=C2N(CCCCC(=O)NCCOCCOCCNC(=O)CCC(=O)NCCCOCCOCCOCCCNC(=O)[C@H](COCc3ccc(C(=O)c4ccccc4)cc3)NC(=O)CCC(=O)NCCO[C@H]3O[C@H](CO)[C@@H](O)[C@H](O)[C@@H]3O)c3ccccc3C2(C)C)C(C)(C)c2ccccc21. The van der Waals surface area contributed by atoms with Gasteiger partial charge >= 0.3 is 0 Å². The fraction of sp³-hybridized carbons (Fsp3) is 0.538. The average molecular weight is 1460 g/mol. The van der Waals surface area contributed by atoms with Crippen molar-refractivity contribution < 1.29 is 96.5 Å². The second-order valence-electron chi connectivity index (χ2n) is 26.8. The third kappa shape index (κ3) is 27.0. The van der Waals surface area contributed by atoms with E-state index in [-0.39, 0.29) is 99.5 Å². The lowest BCUT2D eigenvalue weighted by Crippen LogP contribution is -2.59. The van der Waals surface area contributed by atoms with E-state index in [1.807, 2.05) is 6.07 Å². The highest BCUT2D eigenvalue weighted by Gasteiger charge is 2.45. The predicted octanol–water partition coefficient (Wildman–Crippen LogP) is 3.85. The molecule has 27 heteroatoms. The first kappa shape index (κ1) is 84.1. The smallest absolute Gasteiger partial charge is 0.244 e. The van der Waals surface area contributed by atoms with Crippen LogP contribution in [0.15, 0.2) is 127 Å². The van der Waals surface area contributed by atoms with Gasteiger partial charge in [-0.3, -0.25) is 33.6 Å². The number of fused-ring (bicyclic) bond motifs is 2. The molecule has 10 N–H and O–H groups in total. The van der Waals surface area contributed by atoms with Crippen molar-refractivity contribution in [2.75, 3.05) is 137 Å². The fourth-order valence-electron chi connectivity index (χ4n) is 12.4. The summed E-state index contributed by atoms with van der Waals surface area (Å²) < 4.78 is 46.9. The molecule has 0 aliphatic carbocycles. The van der Waals surface area contributed by atoms with Crippen LogP contribution in [-0.4, -0.2) is 241 Å². The number of para-hydroxylation sites is 2. The molecule has 6 atom stereocenters. The molecule has 0 unspecified atom stereocenters. The monoisotopic (exact) mass is 1460 g/mol. The number of nitrogens with zero attached hydrogens (tertiary/aromatic N) is 2. The molecular formula is C78H109N8O19+. The lowest BCUT2D eigenvalue weighted by Gasteiger charge is -2.39. The zero-order valence-corrected chi connectivity index (χ0v) is 61.3. The van der Waals surface area contributed by atoms with Gasteiger partial charge in [0, 0.05) is 130 Å². The molecular weight excluding hydrogens is 1350 g/mol. The van der Waals surface area contributed by atoms with Gasteiger partial charge in [0.25, 0.3) is 0 Å². The van der Waals surface area contributed by atoms with Crippen molar-refractivity contribution in [3.63, 3.8) is 0 Å². The number of aliphatic hydroxyl groups excluding tert-OH is 4. The van der Waals surface area contributed by atoms with Crippen LogP contribution in [0.2, 0.25) is 0 Å². The molecule has 0 radical (unpaired) electrons. The van der Waals surface area contributed by atoms with Gasteiger partial charge in [0.1, 0.15) is 37.5 Å². The molecule has 7 rings (SSSR count). The highest BCUT2D eigenvalue weighted by molar-refractivity contribution is 6.09. The fourth-order valence-corrected chi connectivity index (χ4v) is 12.4. The maximum atomic E-state index is 13.4. The molecule has 0 bridgehead atoms. The van der Waals surface area contributed by atoms with E-state index >= 15 is 0 Å². The van der Waals surface area contributed by atoms with Crippen LogP contribution >= 0.6 is 0 Å². The van der Waals surface area contributed by atoms with Gasteiger partial charge in [-0.2, -0.15) is 4.58 Å². The highest BCUT2D eigenvalue weighted by atomic mass is 16.7. The number of hydrogen-bond acceptors (Lipinski definition) is 20. The molecule has 0 aromatic heterocycles. The van der Waals surface area contributed by atoms with Crippen LogP contribution < -0.4 is 36.8 Å². The molecule has 4 aromatic rings. The second kappa shape index (κ2) is 44.7. The Kier molecular flexibility index (Phi) is 35.8. The minimum Gasteiger partial charge on any atom is -0.394 e.